The van der Waals surface area contributed by atoms with Crippen molar-refractivity contribution >= 4 is 17.2 Å². The summed E-state index contributed by atoms with van der Waals surface area (Å²) in [6.07, 6.45) is 1.24. The van der Waals surface area contributed by atoms with Crippen LogP contribution in [0.5, 0.6) is 5.75 Å². The first-order valence-corrected chi connectivity index (χ1v) is 7.49. The largest absolute Gasteiger partial charge is 0.496 e. The van der Waals surface area contributed by atoms with E-state index in [-0.39, 0.29) is 5.91 Å². The first-order chi connectivity index (χ1) is 9.69. The van der Waals surface area contributed by atoms with E-state index in [9.17, 15) is 4.79 Å². The van der Waals surface area contributed by atoms with Gasteiger partial charge < -0.3 is 10.1 Å². The number of aryl methyl sites for hydroxylation is 1. The highest BCUT2D eigenvalue weighted by Crippen LogP contribution is 2.20. The molecule has 0 aliphatic carbocycles. The number of ether oxygens (including phenoxy) is 1. The fourth-order valence-electron chi connectivity index (χ4n) is 2.06. The zero-order chi connectivity index (χ0) is 14.4. The van der Waals surface area contributed by atoms with E-state index < -0.39 is 0 Å². The summed E-state index contributed by atoms with van der Waals surface area (Å²) >= 11 is 1.72. The predicted molar refractivity (Wildman–Crippen MR) is 82.5 cm³/mol. The number of hydrogen-bond acceptors (Lipinski definition) is 3. The summed E-state index contributed by atoms with van der Waals surface area (Å²) < 4.78 is 5.29. The lowest BCUT2D eigenvalue weighted by Gasteiger charge is -2.10. The van der Waals surface area contributed by atoms with Gasteiger partial charge in [0, 0.05) is 17.0 Å². The van der Waals surface area contributed by atoms with E-state index in [0.29, 0.717) is 13.0 Å². The second-order valence-corrected chi connectivity index (χ2v) is 5.70. The number of benzene rings is 1. The maximum atomic E-state index is 12.0. The van der Waals surface area contributed by atoms with Crippen molar-refractivity contribution in [2.45, 2.75) is 19.8 Å². The van der Waals surface area contributed by atoms with Crippen LogP contribution in [0.3, 0.4) is 0 Å². The zero-order valence-electron chi connectivity index (χ0n) is 11.8. The van der Waals surface area contributed by atoms with Crippen molar-refractivity contribution in [3.8, 4) is 5.75 Å². The van der Waals surface area contributed by atoms with Crippen LogP contribution in [0.15, 0.2) is 35.7 Å². The lowest BCUT2D eigenvalue weighted by Crippen LogP contribution is -2.27. The number of hydrogen-bond donors (Lipinski definition) is 1. The van der Waals surface area contributed by atoms with Gasteiger partial charge in [-0.15, -0.1) is 11.3 Å². The van der Waals surface area contributed by atoms with Gasteiger partial charge in [0.15, 0.2) is 0 Å². The Hall–Kier alpha value is -1.81. The van der Waals surface area contributed by atoms with Crippen molar-refractivity contribution in [3.05, 3.63) is 51.7 Å². The van der Waals surface area contributed by atoms with Crippen LogP contribution in [-0.4, -0.2) is 19.6 Å². The normalized spacial score (nSPS) is 10.3. The van der Waals surface area contributed by atoms with Crippen molar-refractivity contribution in [1.82, 2.24) is 5.32 Å². The fraction of sp³-hybridized carbons (Fsp3) is 0.312. The number of amides is 1. The number of rotatable bonds is 6. The Labute approximate surface area is 123 Å². The summed E-state index contributed by atoms with van der Waals surface area (Å²) in [7, 11) is 1.63. The molecule has 0 atom stereocenters. The van der Waals surface area contributed by atoms with Crippen molar-refractivity contribution in [2.24, 2.45) is 0 Å². The predicted octanol–water partition coefficient (Wildman–Crippen LogP) is 2.97. The van der Waals surface area contributed by atoms with Gasteiger partial charge in [-0.3, -0.25) is 4.79 Å². The van der Waals surface area contributed by atoms with Gasteiger partial charge >= 0.3 is 0 Å². The molecular weight excluding hydrogens is 270 g/mol. The third kappa shape index (κ3) is 4.10. The number of methoxy groups -OCH3 is 1. The van der Waals surface area contributed by atoms with Gasteiger partial charge in [-0.25, -0.2) is 0 Å². The summed E-state index contributed by atoms with van der Waals surface area (Å²) in [4.78, 5) is 13.2. The topological polar surface area (TPSA) is 38.3 Å². The summed E-state index contributed by atoms with van der Waals surface area (Å²) in [6.45, 7) is 2.69. The van der Waals surface area contributed by atoms with Crippen LogP contribution in [0.25, 0.3) is 0 Å². The van der Waals surface area contributed by atoms with Gasteiger partial charge in [0.1, 0.15) is 5.75 Å². The third-order valence-electron chi connectivity index (χ3n) is 3.06. The second-order valence-electron chi connectivity index (χ2n) is 4.67. The quantitative estimate of drug-likeness (QED) is 0.888. The fourth-order valence-corrected chi connectivity index (χ4v) is 2.77. The maximum Gasteiger partial charge on any atom is 0.224 e. The van der Waals surface area contributed by atoms with E-state index in [0.717, 1.165) is 23.3 Å². The summed E-state index contributed by atoms with van der Waals surface area (Å²) in [5.74, 6) is 0.800. The Morgan fingerprint density at radius 2 is 2.20 bits per heavy atom. The number of carbonyl (C=O) groups is 1. The minimum atomic E-state index is 0.0328. The van der Waals surface area contributed by atoms with Crippen LogP contribution >= 0.6 is 11.3 Å². The smallest absolute Gasteiger partial charge is 0.224 e. The maximum absolute atomic E-state index is 12.0. The highest BCUT2D eigenvalue weighted by molar-refractivity contribution is 7.09. The standard InChI is InChI=1S/C16H19NO2S/c1-12-5-6-15(19-2)13(10-12)11-16(18)17-8-7-14-4-3-9-20-14/h3-6,9-10H,7-8,11H2,1-2H3,(H,17,18). The first kappa shape index (κ1) is 14.6. The molecule has 0 bridgehead atoms. The van der Waals surface area contributed by atoms with Crippen LogP contribution in [-0.2, 0) is 17.6 Å². The van der Waals surface area contributed by atoms with Crippen LogP contribution in [0.4, 0.5) is 0 Å². The average molecular weight is 289 g/mol. The van der Waals surface area contributed by atoms with Gasteiger partial charge in [-0.2, -0.15) is 0 Å². The molecule has 20 heavy (non-hydrogen) atoms. The van der Waals surface area contributed by atoms with E-state index in [2.05, 4.69) is 16.8 Å². The number of nitrogens with one attached hydrogen (secondary N) is 1. The molecule has 106 valence electrons. The lowest BCUT2D eigenvalue weighted by atomic mass is 10.1. The van der Waals surface area contributed by atoms with Crippen molar-refractivity contribution < 1.29 is 9.53 Å². The molecule has 2 aromatic rings. The lowest BCUT2D eigenvalue weighted by molar-refractivity contribution is -0.120. The summed E-state index contributed by atoms with van der Waals surface area (Å²) in [6, 6.07) is 10.00. The third-order valence-corrected chi connectivity index (χ3v) is 4.00. The van der Waals surface area contributed by atoms with Gasteiger partial charge in [0.2, 0.25) is 5.91 Å². The molecule has 0 aliphatic heterocycles. The number of carbonyl (C=O) groups excluding carboxylic acids is 1. The molecule has 1 aromatic heterocycles. The Morgan fingerprint density at radius 3 is 2.90 bits per heavy atom. The Kier molecular flexibility index (Phi) is 5.18. The Morgan fingerprint density at radius 1 is 1.35 bits per heavy atom. The van der Waals surface area contributed by atoms with Crippen LogP contribution in [0.2, 0.25) is 0 Å². The minimum absolute atomic E-state index is 0.0328. The minimum Gasteiger partial charge on any atom is -0.496 e. The van der Waals surface area contributed by atoms with E-state index in [4.69, 9.17) is 4.74 Å². The molecule has 3 nitrogen and oxygen atoms in total. The highest BCUT2D eigenvalue weighted by Gasteiger charge is 2.08. The molecule has 0 spiro atoms. The van der Waals surface area contributed by atoms with Gasteiger partial charge in [-0.1, -0.05) is 23.8 Å². The van der Waals surface area contributed by atoms with Crippen LogP contribution in [0.1, 0.15) is 16.0 Å². The van der Waals surface area contributed by atoms with Gasteiger partial charge in [0.05, 0.1) is 13.5 Å². The van der Waals surface area contributed by atoms with Crippen LogP contribution in [0, 0.1) is 6.92 Å². The summed E-state index contributed by atoms with van der Waals surface area (Å²) in [5.41, 5.74) is 2.06. The molecule has 1 heterocycles. The molecule has 0 fully saturated rings. The van der Waals surface area contributed by atoms with E-state index in [1.165, 1.54) is 4.88 Å². The molecule has 4 heteroatoms. The molecule has 2 rings (SSSR count). The van der Waals surface area contributed by atoms with Gasteiger partial charge in [-0.05, 0) is 30.9 Å². The molecule has 1 amide bonds. The zero-order valence-corrected chi connectivity index (χ0v) is 12.6. The van der Waals surface area contributed by atoms with E-state index in [1.54, 1.807) is 18.4 Å². The van der Waals surface area contributed by atoms with Crippen molar-refractivity contribution in [2.75, 3.05) is 13.7 Å². The molecule has 1 aromatic carbocycles. The Balaban J connectivity index is 1.86. The second kappa shape index (κ2) is 7.10. The van der Waals surface area contributed by atoms with Crippen molar-refractivity contribution in [3.63, 3.8) is 0 Å². The Bertz CT molecular complexity index is 564. The highest BCUT2D eigenvalue weighted by atomic mass is 32.1. The monoisotopic (exact) mass is 289 g/mol. The molecule has 0 saturated heterocycles. The number of thiophene rings is 1. The molecule has 0 aliphatic rings. The van der Waals surface area contributed by atoms with Gasteiger partial charge in [0.25, 0.3) is 0 Å². The molecule has 1 N–H and O–H groups in total. The first-order valence-electron chi connectivity index (χ1n) is 6.61. The average Bonchev–Trinajstić information content (AvgIpc) is 2.92. The molecule has 0 saturated carbocycles. The van der Waals surface area contributed by atoms with Crippen LogP contribution < -0.4 is 10.1 Å². The summed E-state index contributed by atoms with van der Waals surface area (Å²) in [5, 5.41) is 5.00. The van der Waals surface area contributed by atoms with Crippen molar-refractivity contribution in [1.29, 1.82) is 0 Å². The molecule has 0 radical (unpaired) electrons. The van der Waals surface area contributed by atoms with E-state index >= 15 is 0 Å². The van der Waals surface area contributed by atoms with E-state index in [1.807, 2.05) is 31.2 Å². The SMILES string of the molecule is COc1ccc(C)cc1CC(=O)NCCc1cccs1. The molecular formula is C16H19NO2S. The molecule has 0 unspecified atom stereocenters.